The van der Waals surface area contributed by atoms with Crippen LogP contribution in [-0.2, 0) is 4.74 Å². The van der Waals surface area contributed by atoms with E-state index in [0.29, 0.717) is 17.4 Å². The summed E-state index contributed by atoms with van der Waals surface area (Å²) in [7, 11) is 0. The number of fused-ring (bicyclic) bond motifs is 1. The smallest absolute Gasteiger partial charge is 0.258 e. The molecule has 1 fully saturated rings. The molecule has 0 radical (unpaired) electrons. The van der Waals surface area contributed by atoms with Crippen molar-refractivity contribution in [3.8, 4) is 23.0 Å². The maximum Gasteiger partial charge on any atom is 0.258 e. The van der Waals surface area contributed by atoms with Crippen LogP contribution in [0, 0.1) is 0 Å². The molecule has 0 spiro atoms. The molecule has 7 nitrogen and oxygen atoms in total. The fourth-order valence-corrected chi connectivity index (χ4v) is 3.71. The van der Waals surface area contributed by atoms with Crippen LogP contribution in [-0.4, -0.2) is 31.5 Å². The SMILES string of the molecule is Brc1ccc2c(c1)c(-c1noc(-c3ccncc3)n1)nn2C1CCCCO1. The Morgan fingerprint density at radius 1 is 1.11 bits per heavy atom. The second kappa shape index (κ2) is 6.86. The Bertz CT molecular complexity index is 1090. The van der Waals surface area contributed by atoms with E-state index in [-0.39, 0.29) is 6.23 Å². The maximum absolute atomic E-state index is 5.94. The Morgan fingerprint density at radius 3 is 2.81 bits per heavy atom. The average Bonchev–Trinajstić information content (AvgIpc) is 3.34. The van der Waals surface area contributed by atoms with Crippen LogP contribution >= 0.6 is 15.9 Å². The Morgan fingerprint density at radius 2 is 2.00 bits per heavy atom. The van der Waals surface area contributed by atoms with E-state index in [2.05, 4.69) is 31.1 Å². The number of hydrogen-bond donors (Lipinski definition) is 0. The van der Waals surface area contributed by atoms with Crippen LogP contribution in [0.15, 0.2) is 51.7 Å². The predicted molar refractivity (Wildman–Crippen MR) is 103 cm³/mol. The fourth-order valence-electron chi connectivity index (χ4n) is 3.35. The van der Waals surface area contributed by atoms with Crippen LogP contribution in [0.3, 0.4) is 0 Å². The normalized spacial score (nSPS) is 17.4. The minimum Gasteiger partial charge on any atom is -0.356 e. The van der Waals surface area contributed by atoms with Crippen molar-refractivity contribution < 1.29 is 9.26 Å². The number of nitrogens with zero attached hydrogens (tertiary/aromatic N) is 5. The molecule has 1 aliphatic rings. The van der Waals surface area contributed by atoms with Crippen molar-refractivity contribution in [2.75, 3.05) is 6.61 Å². The van der Waals surface area contributed by atoms with E-state index < -0.39 is 0 Å². The van der Waals surface area contributed by atoms with E-state index in [1.165, 1.54) is 0 Å². The number of halogens is 1. The quantitative estimate of drug-likeness (QED) is 0.476. The average molecular weight is 426 g/mol. The van der Waals surface area contributed by atoms with E-state index in [1.807, 2.05) is 35.0 Å². The van der Waals surface area contributed by atoms with E-state index >= 15 is 0 Å². The standard InChI is InChI=1S/C19H16BrN5O2/c20-13-4-5-15-14(11-13)17(23-25(15)16-3-1-2-10-26-16)18-22-19(27-24-18)12-6-8-21-9-7-12/h4-9,11,16H,1-3,10H2. The van der Waals surface area contributed by atoms with Crippen LogP contribution in [0.2, 0.25) is 0 Å². The van der Waals surface area contributed by atoms with Crippen LogP contribution in [0.5, 0.6) is 0 Å². The highest BCUT2D eigenvalue weighted by atomic mass is 79.9. The van der Waals surface area contributed by atoms with Crippen LogP contribution < -0.4 is 0 Å². The molecule has 1 saturated heterocycles. The number of benzene rings is 1. The first-order valence-corrected chi connectivity index (χ1v) is 9.63. The second-order valence-electron chi connectivity index (χ2n) is 6.43. The van der Waals surface area contributed by atoms with Gasteiger partial charge >= 0.3 is 0 Å². The van der Waals surface area contributed by atoms with Crippen molar-refractivity contribution in [2.24, 2.45) is 0 Å². The minimum absolute atomic E-state index is 0.0669. The number of rotatable bonds is 3. The van der Waals surface area contributed by atoms with E-state index in [0.717, 1.165) is 46.8 Å². The fraction of sp³-hybridized carbons (Fsp3) is 0.263. The molecule has 0 amide bonds. The van der Waals surface area contributed by atoms with Crippen molar-refractivity contribution in [3.63, 3.8) is 0 Å². The van der Waals surface area contributed by atoms with Gasteiger partial charge in [-0.1, -0.05) is 21.1 Å². The number of pyridine rings is 1. The maximum atomic E-state index is 5.94. The zero-order chi connectivity index (χ0) is 18.2. The second-order valence-corrected chi connectivity index (χ2v) is 7.35. The highest BCUT2D eigenvalue weighted by Crippen LogP contribution is 2.34. The van der Waals surface area contributed by atoms with Gasteiger partial charge in [0, 0.05) is 34.4 Å². The summed E-state index contributed by atoms with van der Waals surface area (Å²) in [6, 6.07) is 9.74. The van der Waals surface area contributed by atoms with Gasteiger partial charge in [-0.15, -0.1) is 0 Å². The number of aromatic nitrogens is 5. The molecule has 4 heterocycles. The summed E-state index contributed by atoms with van der Waals surface area (Å²) < 4.78 is 14.3. The Labute approximate surface area is 163 Å². The summed E-state index contributed by atoms with van der Waals surface area (Å²) in [5.41, 5.74) is 2.50. The van der Waals surface area contributed by atoms with Gasteiger partial charge in [0.05, 0.1) is 5.52 Å². The summed E-state index contributed by atoms with van der Waals surface area (Å²) >= 11 is 3.55. The molecule has 1 aliphatic heterocycles. The lowest BCUT2D eigenvalue weighted by Crippen LogP contribution is -2.19. The molecule has 1 aromatic carbocycles. The first-order valence-electron chi connectivity index (χ1n) is 8.83. The van der Waals surface area contributed by atoms with Crippen molar-refractivity contribution in [1.29, 1.82) is 0 Å². The molecule has 5 rings (SSSR count). The van der Waals surface area contributed by atoms with Gasteiger partial charge in [-0.3, -0.25) is 4.98 Å². The Hall–Kier alpha value is -2.58. The van der Waals surface area contributed by atoms with Crippen LogP contribution in [0.25, 0.3) is 33.9 Å². The molecule has 3 aromatic heterocycles. The molecule has 4 aromatic rings. The van der Waals surface area contributed by atoms with Crippen LogP contribution in [0.4, 0.5) is 0 Å². The van der Waals surface area contributed by atoms with Crippen molar-refractivity contribution >= 4 is 26.8 Å². The van der Waals surface area contributed by atoms with Crippen molar-refractivity contribution in [3.05, 3.63) is 47.2 Å². The molecule has 0 bridgehead atoms. The van der Waals surface area contributed by atoms with Gasteiger partial charge in [-0.2, -0.15) is 10.1 Å². The minimum atomic E-state index is -0.0669. The lowest BCUT2D eigenvalue weighted by Gasteiger charge is -2.23. The summed E-state index contributed by atoms with van der Waals surface area (Å²) in [4.78, 5) is 8.57. The van der Waals surface area contributed by atoms with E-state index in [1.54, 1.807) is 12.4 Å². The first-order chi connectivity index (χ1) is 13.3. The zero-order valence-corrected chi connectivity index (χ0v) is 16.0. The third-order valence-electron chi connectivity index (χ3n) is 4.66. The lowest BCUT2D eigenvalue weighted by molar-refractivity contribution is -0.0365. The largest absolute Gasteiger partial charge is 0.356 e. The Kier molecular flexibility index (Phi) is 4.21. The highest BCUT2D eigenvalue weighted by Gasteiger charge is 2.24. The van der Waals surface area contributed by atoms with E-state index in [4.69, 9.17) is 14.4 Å². The van der Waals surface area contributed by atoms with Gasteiger partial charge in [-0.05, 0) is 49.6 Å². The van der Waals surface area contributed by atoms with Gasteiger partial charge < -0.3 is 9.26 Å². The third kappa shape index (κ3) is 3.04. The summed E-state index contributed by atoms with van der Waals surface area (Å²) in [6.45, 7) is 0.756. The van der Waals surface area contributed by atoms with Gasteiger partial charge in [0.1, 0.15) is 5.69 Å². The van der Waals surface area contributed by atoms with Gasteiger partial charge in [0.25, 0.3) is 5.89 Å². The Balaban J connectivity index is 1.63. The molecule has 0 aliphatic carbocycles. The molecule has 1 unspecified atom stereocenters. The molecular formula is C19H16BrN5O2. The number of ether oxygens (including phenoxy) is 1. The molecule has 136 valence electrons. The van der Waals surface area contributed by atoms with Crippen molar-refractivity contribution in [2.45, 2.75) is 25.5 Å². The monoisotopic (exact) mass is 425 g/mol. The summed E-state index contributed by atoms with van der Waals surface area (Å²) in [6.07, 6.45) is 6.49. The van der Waals surface area contributed by atoms with Crippen LogP contribution in [0.1, 0.15) is 25.5 Å². The molecule has 8 heteroatoms. The van der Waals surface area contributed by atoms with Gasteiger partial charge in [0.15, 0.2) is 6.23 Å². The van der Waals surface area contributed by atoms with Crippen molar-refractivity contribution in [1.82, 2.24) is 24.9 Å². The lowest BCUT2D eigenvalue weighted by atomic mass is 10.1. The molecule has 0 saturated carbocycles. The van der Waals surface area contributed by atoms with Gasteiger partial charge in [0.2, 0.25) is 5.82 Å². The molecular weight excluding hydrogens is 410 g/mol. The first kappa shape index (κ1) is 16.6. The topological polar surface area (TPSA) is 78.9 Å². The number of hydrogen-bond acceptors (Lipinski definition) is 6. The summed E-state index contributed by atoms with van der Waals surface area (Å²) in [5, 5.41) is 9.93. The highest BCUT2D eigenvalue weighted by molar-refractivity contribution is 9.10. The predicted octanol–water partition coefficient (Wildman–Crippen LogP) is 4.61. The van der Waals surface area contributed by atoms with E-state index in [9.17, 15) is 0 Å². The molecule has 27 heavy (non-hydrogen) atoms. The van der Waals surface area contributed by atoms with Gasteiger partial charge in [-0.25, -0.2) is 4.68 Å². The zero-order valence-electron chi connectivity index (χ0n) is 14.4. The molecule has 1 atom stereocenters. The third-order valence-corrected chi connectivity index (χ3v) is 5.16. The molecule has 0 N–H and O–H groups in total. The summed E-state index contributed by atoms with van der Waals surface area (Å²) in [5.74, 6) is 0.901.